The quantitative estimate of drug-likeness (QED) is 0.753. The van der Waals surface area contributed by atoms with Crippen LogP contribution in [0.4, 0.5) is 0 Å². The molecule has 1 rings (SSSR count). The Morgan fingerprint density at radius 3 is 2.72 bits per heavy atom. The standard InChI is InChI=1S/C14H28N2O2/c1-11(2)15-14(17)10-16-7-5-13(9-16)6-8-18-12(3)4/h11-13H,5-10H2,1-4H3,(H,15,17)/t13-/m1/s1. The maximum absolute atomic E-state index is 11.6. The van der Waals surface area contributed by atoms with Gasteiger partial charge in [0.05, 0.1) is 12.6 Å². The lowest BCUT2D eigenvalue weighted by Crippen LogP contribution is -2.39. The molecule has 1 saturated heterocycles. The van der Waals surface area contributed by atoms with E-state index < -0.39 is 0 Å². The molecule has 1 N–H and O–H groups in total. The van der Waals surface area contributed by atoms with Crippen LogP contribution in [-0.2, 0) is 9.53 Å². The number of rotatable bonds is 7. The minimum absolute atomic E-state index is 0.143. The number of hydrogen-bond donors (Lipinski definition) is 1. The second-order valence-electron chi connectivity index (χ2n) is 5.82. The smallest absolute Gasteiger partial charge is 0.234 e. The summed E-state index contributed by atoms with van der Waals surface area (Å²) in [4.78, 5) is 13.9. The molecule has 4 heteroatoms. The van der Waals surface area contributed by atoms with Crippen LogP contribution in [0, 0.1) is 5.92 Å². The number of carbonyl (C=O) groups excluding carboxylic acids is 1. The first-order valence-electron chi connectivity index (χ1n) is 7.10. The third-order valence-electron chi connectivity index (χ3n) is 3.16. The van der Waals surface area contributed by atoms with Gasteiger partial charge in [-0.2, -0.15) is 0 Å². The second kappa shape index (κ2) is 7.74. The molecule has 1 atom stereocenters. The number of nitrogens with zero attached hydrogens (tertiary/aromatic N) is 1. The highest BCUT2D eigenvalue weighted by Gasteiger charge is 2.23. The zero-order valence-electron chi connectivity index (χ0n) is 12.2. The van der Waals surface area contributed by atoms with E-state index in [-0.39, 0.29) is 11.9 Å². The Balaban J connectivity index is 2.14. The van der Waals surface area contributed by atoms with Gasteiger partial charge in [-0.05, 0) is 53.0 Å². The van der Waals surface area contributed by atoms with Crippen LogP contribution in [0.1, 0.15) is 40.5 Å². The van der Waals surface area contributed by atoms with Crippen molar-refractivity contribution in [2.24, 2.45) is 5.92 Å². The highest BCUT2D eigenvalue weighted by Crippen LogP contribution is 2.19. The molecule has 0 radical (unpaired) electrons. The largest absolute Gasteiger partial charge is 0.379 e. The molecule has 106 valence electrons. The molecule has 18 heavy (non-hydrogen) atoms. The molecule has 0 aromatic carbocycles. The van der Waals surface area contributed by atoms with E-state index in [4.69, 9.17) is 4.74 Å². The van der Waals surface area contributed by atoms with Gasteiger partial charge < -0.3 is 10.1 Å². The van der Waals surface area contributed by atoms with E-state index in [0.717, 1.165) is 26.1 Å². The molecule has 0 aliphatic carbocycles. The summed E-state index contributed by atoms with van der Waals surface area (Å²) in [6.07, 6.45) is 2.62. The Hall–Kier alpha value is -0.610. The summed E-state index contributed by atoms with van der Waals surface area (Å²) in [5.41, 5.74) is 0. The van der Waals surface area contributed by atoms with Crippen LogP contribution in [0.2, 0.25) is 0 Å². The monoisotopic (exact) mass is 256 g/mol. The van der Waals surface area contributed by atoms with Gasteiger partial charge in [0.25, 0.3) is 0 Å². The van der Waals surface area contributed by atoms with Crippen LogP contribution in [-0.4, -0.2) is 49.2 Å². The number of carbonyl (C=O) groups is 1. The molecular formula is C14H28N2O2. The van der Waals surface area contributed by atoms with E-state index in [1.54, 1.807) is 0 Å². The lowest BCUT2D eigenvalue weighted by atomic mass is 10.1. The first-order valence-corrected chi connectivity index (χ1v) is 7.10. The summed E-state index contributed by atoms with van der Waals surface area (Å²) >= 11 is 0. The van der Waals surface area contributed by atoms with Crippen LogP contribution in [0.5, 0.6) is 0 Å². The van der Waals surface area contributed by atoms with Gasteiger partial charge in [-0.1, -0.05) is 0 Å². The molecule has 1 aliphatic heterocycles. The van der Waals surface area contributed by atoms with E-state index in [1.807, 2.05) is 13.8 Å². The fourth-order valence-electron chi connectivity index (χ4n) is 2.33. The lowest BCUT2D eigenvalue weighted by molar-refractivity contribution is -0.122. The van der Waals surface area contributed by atoms with E-state index in [1.165, 1.54) is 6.42 Å². The predicted octanol–water partition coefficient (Wildman–Crippen LogP) is 1.65. The van der Waals surface area contributed by atoms with Gasteiger partial charge in [0.15, 0.2) is 0 Å². The van der Waals surface area contributed by atoms with Crippen molar-refractivity contribution in [3.05, 3.63) is 0 Å². The molecule has 0 aromatic rings. The summed E-state index contributed by atoms with van der Waals surface area (Å²) in [5.74, 6) is 0.833. The lowest BCUT2D eigenvalue weighted by Gasteiger charge is -2.17. The Labute approximate surface area is 111 Å². The zero-order chi connectivity index (χ0) is 13.5. The van der Waals surface area contributed by atoms with Crippen molar-refractivity contribution in [2.45, 2.75) is 52.7 Å². The Morgan fingerprint density at radius 1 is 1.39 bits per heavy atom. The summed E-state index contributed by atoms with van der Waals surface area (Å²) < 4.78 is 5.57. The molecule has 4 nitrogen and oxygen atoms in total. The fraction of sp³-hybridized carbons (Fsp3) is 0.929. The normalized spacial score (nSPS) is 20.9. The number of likely N-dealkylation sites (tertiary alicyclic amines) is 1. The highest BCUT2D eigenvalue weighted by molar-refractivity contribution is 5.78. The van der Waals surface area contributed by atoms with Crippen LogP contribution >= 0.6 is 0 Å². The summed E-state index contributed by atoms with van der Waals surface area (Å²) in [6, 6.07) is 0.232. The van der Waals surface area contributed by atoms with Crippen LogP contribution < -0.4 is 5.32 Å². The first-order chi connectivity index (χ1) is 8.47. The van der Waals surface area contributed by atoms with E-state index >= 15 is 0 Å². The topological polar surface area (TPSA) is 41.6 Å². The maximum atomic E-state index is 11.6. The Kier molecular flexibility index (Phi) is 6.65. The molecule has 1 aliphatic rings. The number of hydrogen-bond acceptors (Lipinski definition) is 3. The highest BCUT2D eigenvalue weighted by atomic mass is 16.5. The third kappa shape index (κ3) is 6.36. The molecule has 0 spiro atoms. The molecule has 0 aromatic heterocycles. The second-order valence-corrected chi connectivity index (χ2v) is 5.82. The van der Waals surface area contributed by atoms with Crippen molar-refractivity contribution in [1.29, 1.82) is 0 Å². The van der Waals surface area contributed by atoms with Crippen molar-refractivity contribution in [3.8, 4) is 0 Å². The molecule has 0 saturated carbocycles. The predicted molar refractivity (Wildman–Crippen MR) is 73.5 cm³/mol. The number of amides is 1. The Morgan fingerprint density at radius 2 is 2.11 bits per heavy atom. The third-order valence-corrected chi connectivity index (χ3v) is 3.16. The summed E-state index contributed by atoms with van der Waals surface area (Å²) in [6.45, 7) is 11.6. The van der Waals surface area contributed by atoms with E-state index in [2.05, 4.69) is 24.1 Å². The van der Waals surface area contributed by atoms with Gasteiger partial charge in [-0.25, -0.2) is 0 Å². The zero-order valence-corrected chi connectivity index (χ0v) is 12.2. The Bertz CT molecular complexity index is 254. The van der Waals surface area contributed by atoms with Crippen LogP contribution in [0.25, 0.3) is 0 Å². The summed E-state index contributed by atoms with van der Waals surface area (Å²) in [5, 5.41) is 2.94. The summed E-state index contributed by atoms with van der Waals surface area (Å²) in [7, 11) is 0. The molecule has 0 unspecified atom stereocenters. The molecule has 1 fully saturated rings. The van der Waals surface area contributed by atoms with Crippen LogP contribution in [0.15, 0.2) is 0 Å². The van der Waals surface area contributed by atoms with Gasteiger partial charge in [-0.3, -0.25) is 9.69 Å². The van der Waals surface area contributed by atoms with Crippen LogP contribution in [0.3, 0.4) is 0 Å². The van der Waals surface area contributed by atoms with Gasteiger partial charge in [0.2, 0.25) is 5.91 Å². The van der Waals surface area contributed by atoms with Gasteiger partial charge in [0.1, 0.15) is 0 Å². The van der Waals surface area contributed by atoms with Crippen molar-refractivity contribution in [2.75, 3.05) is 26.2 Å². The molecule has 1 heterocycles. The van der Waals surface area contributed by atoms with Crippen molar-refractivity contribution in [1.82, 2.24) is 10.2 Å². The number of nitrogens with one attached hydrogen (secondary N) is 1. The van der Waals surface area contributed by atoms with Crippen molar-refractivity contribution >= 4 is 5.91 Å². The average Bonchev–Trinajstić information content (AvgIpc) is 2.63. The van der Waals surface area contributed by atoms with Gasteiger partial charge in [-0.15, -0.1) is 0 Å². The molecule has 0 bridgehead atoms. The van der Waals surface area contributed by atoms with Crippen molar-refractivity contribution < 1.29 is 9.53 Å². The SMILES string of the molecule is CC(C)NC(=O)CN1CC[C@H](CCOC(C)C)C1. The van der Waals surface area contributed by atoms with Gasteiger partial charge >= 0.3 is 0 Å². The number of ether oxygens (including phenoxy) is 1. The molecular weight excluding hydrogens is 228 g/mol. The fourth-order valence-corrected chi connectivity index (χ4v) is 2.33. The minimum Gasteiger partial charge on any atom is -0.379 e. The van der Waals surface area contributed by atoms with Gasteiger partial charge in [0, 0.05) is 19.2 Å². The minimum atomic E-state index is 0.143. The van der Waals surface area contributed by atoms with E-state index in [9.17, 15) is 4.79 Å². The van der Waals surface area contributed by atoms with E-state index in [0.29, 0.717) is 18.6 Å². The maximum Gasteiger partial charge on any atom is 0.234 e. The molecule has 1 amide bonds. The first kappa shape index (κ1) is 15.4. The van der Waals surface area contributed by atoms with Crippen molar-refractivity contribution in [3.63, 3.8) is 0 Å². The average molecular weight is 256 g/mol.